The smallest absolute Gasteiger partial charge is 0.0639 e. The van der Waals surface area contributed by atoms with Gasteiger partial charge in [-0.25, -0.2) is 0 Å². The van der Waals surface area contributed by atoms with E-state index < -0.39 is 0 Å². The van der Waals surface area contributed by atoms with Gasteiger partial charge in [0.15, 0.2) is 0 Å². The highest BCUT2D eigenvalue weighted by Crippen LogP contribution is 2.20. The Morgan fingerprint density at radius 2 is 1.83 bits per heavy atom. The maximum atomic E-state index is 5.60. The van der Waals surface area contributed by atoms with Gasteiger partial charge in [0.05, 0.1) is 6.61 Å². The van der Waals surface area contributed by atoms with Crippen LogP contribution in [0.4, 0.5) is 5.69 Å². The van der Waals surface area contributed by atoms with E-state index in [0.29, 0.717) is 0 Å². The molecule has 18 heavy (non-hydrogen) atoms. The minimum absolute atomic E-state index is 0.773. The number of rotatable bonds is 10. The molecule has 0 aliphatic rings. The molecule has 2 nitrogen and oxygen atoms in total. The molecular weight excluding hydrogens is 290 g/mol. The summed E-state index contributed by atoms with van der Waals surface area (Å²) in [6.07, 6.45) is 6.48. The molecule has 0 aliphatic carbocycles. The Morgan fingerprint density at radius 3 is 2.61 bits per heavy atom. The number of para-hydroxylation sites is 1. The van der Waals surface area contributed by atoms with Crippen molar-refractivity contribution in [3.8, 4) is 0 Å². The summed E-state index contributed by atoms with van der Waals surface area (Å²) in [4.78, 5) is 0. The molecule has 0 unspecified atom stereocenters. The van der Waals surface area contributed by atoms with Crippen LogP contribution in [0.1, 0.15) is 39.0 Å². The minimum atomic E-state index is 0.773. The number of hydrogen-bond donors (Lipinski definition) is 1. The van der Waals surface area contributed by atoms with Crippen molar-refractivity contribution in [1.29, 1.82) is 0 Å². The summed E-state index contributed by atoms with van der Waals surface area (Å²) in [5.74, 6) is 0. The van der Waals surface area contributed by atoms with E-state index >= 15 is 0 Å². The molecule has 1 N–H and O–H groups in total. The van der Waals surface area contributed by atoms with Crippen molar-refractivity contribution in [2.24, 2.45) is 0 Å². The quantitative estimate of drug-likeness (QED) is 0.623. The second-order valence-corrected chi connectivity index (χ2v) is 5.29. The Morgan fingerprint density at radius 1 is 1.06 bits per heavy atom. The van der Waals surface area contributed by atoms with Crippen LogP contribution in [0.15, 0.2) is 28.7 Å². The van der Waals surface area contributed by atoms with Crippen LogP contribution in [-0.2, 0) is 4.74 Å². The molecule has 0 radical (unpaired) electrons. The standard InChI is InChI=1S/C15H24BrNO/c1-2-3-4-5-8-12-18-13-11-17-15-10-7-6-9-14(15)16/h6-7,9-10,17H,2-5,8,11-13H2,1H3. The molecule has 1 aromatic carbocycles. The zero-order valence-electron chi connectivity index (χ0n) is 11.3. The van der Waals surface area contributed by atoms with E-state index in [1.807, 2.05) is 18.2 Å². The molecule has 0 spiro atoms. The number of benzene rings is 1. The number of hydrogen-bond acceptors (Lipinski definition) is 2. The maximum absolute atomic E-state index is 5.60. The first-order chi connectivity index (χ1) is 8.84. The van der Waals surface area contributed by atoms with Crippen molar-refractivity contribution >= 4 is 21.6 Å². The van der Waals surface area contributed by atoms with Crippen LogP contribution >= 0.6 is 15.9 Å². The van der Waals surface area contributed by atoms with Crippen LogP contribution in [0.2, 0.25) is 0 Å². The van der Waals surface area contributed by atoms with Gasteiger partial charge in [0.25, 0.3) is 0 Å². The van der Waals surface area contributed by atoms with Crippen molar-refractivity contribution in [3.05, 3.63) is 28.7 Å². The predicted molar refractivity (Wildman–Crippen MR) is 82.2 cm³/mol. The van der Waals surface area contributed by atoms with E-state index in [0.717, 1.165) is 29.9 Å². The number of nitrogens with one attached hydrogen (secondary N) is 1. The van der Waals surface area contributed by atoms with Gasteiger partial charge in [-0.1, -0.05) is 44.7 Å². The number of ether oxygens (including phenoxy) is 1. The molecule has 0 bridgehead atoms. The van der Waals surface area contributed by atoms with Gasteiger partial charge >= 0.3 is 0 Å². The topological polar surface area (TPSA) is 21.3 Å². The van der Waals surface area contributed by atoms with Crippen LogP contribution < -0.4 is 5.32 Å². The highest BCUT2D eigenvalue weighted by atomic mass is 79.9. The average molecular weight is 314 g/mol. The molecule has 0 saturated carbocycles. The second-order valence-electron chi connectivity index (χ2n) is 4.43. The third-order valence-corrected chi connectivity index (χ3v) is 3.52. The van der Waals surface area contributed by atoms with Gasteiger partial charge in [0.1, 0.15) is 0 Å². The highest BCUT2D eigenvalue weighted by molar-refractivity contribution is 9.10. The zero-order chi connectivity index (χ0) is 13.1. The fourth-order valence-corrected chi connectivity index (χ4v) is 2.20. The Labute approximate surface area is 119 Å². The molecule has 3 heteroatoms. The monoisotopic (exact) mass is 313 g/mol. The second kappa shape index (κ2) is 10.4. The maximum Gasteiger partial charge on any atom is 0.0639 e. The van der Waals surface area contributed by atoms with Crippen LogP contribution in [0.5, 0.6) is 0 Å². The van der Waals surface area contributed by atoms with Crippen molar-refractivity contribution in [2.45, 2.75) is 39.0 Å². The molecule has 0 heterocycles. The Kier molecular flexibility index (Phi) is 8.96. The normalized spacial score (nSPS) is 10.6. The molecule has 0 atom stereocenters. The molecule has 0 aliphatic heterocycles. The van der Waals surface area contributed by atoms with Crippen LogP contribution in [0, 0.1) is 0 Å². The average Bonchev–Trinajstić information content (AvgIpc) is 2.39. The zero-order valence-corrected chi connectivity index (χ0v) is 12.8. The van der Waals surface area contributed by atoms with E-state index in [9.17, 15) is 0 Å². The fraction of sp³-hybridized carbons (Fsp3) is 0.600. The summed E-state index contributed by atoms with van der Waals surface area (Å²) < 4.78 is 6.70. The van der Waals surface area contributed by atoms with Gasteiger partial charge < -0.3 is 10.1 Å². The Hall–Kier alpha value is -0.540. The van der Waals surface area contributed by atoms with E-state index in [4.69, 9.17) is 4.74 Å². The molecule has 0 fully saturated rings. The fourth-order valence-electron chi connectivity index (χ4n) is 1.77. The van der Waals surface area contributed by atoms with Crippen molar-refractivity contribution < 1.29 is 4.74 Å². The van der Waals surface area contributed by atoms with Crippen molar-refractivity contribution in [3.63, 3.8) is 0 Å². The molecule has 0 saturated heterocycles. The lowest BCUT2D eigenvalue weighted by Gasteiger charge is -2.08. The van der Waals surface area contributed by atoms with Gasteiger partial charge in [-0.2, -0.15) is 0 Å². The van der Waals surface area contributed by atoms with Gasteiger partial charge in [-0.05, 0) is 34.5 Å². The summed E-state index contributed by atoms with van der Waals surface area (Å²) in [5, 5.41) is 3.35. The van der Waals surface area contributed by atoms with Gasteiger partial charge in [0, 0.05) is 23.3 Å². The summed E-state index contributed by atoms with van der Waals surface area (Å²) in [7, 11) is 0. The van der Waals surface area contributed by atoms with Crippen LogP contribution in [0.25, 0.3) is 0 Å². The largest absolute Gasteiger partial charge is 0.382 e. The Bertz CT molecular complexity index is 317. The lowest BCUT2D eigenvalue weighted by Crippen LogP contribution is -2.10. The van der Waals surface area contributed by atoms with Crippen LogP contribution in [0.3, 0.4) is 0 Å². The highest BCUT2D eigenvalue weighted by Gasteiger charge is 1.96. The third kappa shape index (κ3) is 7.02. The van der Waals surface area contributed by atoms with E-state index in [2.05, 4.69) is 34.2 Å². The molecular formula is C15H24BrNO. The lowest BCUT2D eigenvalue weighted by atomic mass is 10.2. The van der Waals surface area contributed by atoms with E-state index in [1.54, 1.807) is 0 Å². The summed E-state index contributed by atoms with van der Waals surface area (Å²) in [6, 6.07) is 8.15. The van der Waals surface area contributed by atoms with Crippen molar-refractivity contribution in [2.75, 3.05) is 25.1 Å². The SMILES string of the molecule is CCCCCCCOCCNc1ccccc1Br. The van der Waals surface area contributed by atoms with Crippen LogP contribution in [-0.4, -0.2) is 19.8 Å². The molecule has 1 aromatic rings. The first-order valence-electron chi connectivity index (χ1n) is 6.90. The number of halogens is 1. The third-order valence-electron chi connectivity index (χ3n) is 2.83. The van der Waals surface area contributed by atoms with Gasteiger partial charge in [0.2, 0.25) is 0 Å². The predicted octanol–water partition coefficient (Wildman–Crippen LogP) is 4.85. The molecule has 102 valence electrons. The number of unbranched alkanes of at least 4 members (excludes halogenated alkanes) is 4. The summed E-state index contributed by atoms with van der Waals surface area (Å²) in [5.41, 5.74) is 1.13. The molecule has 1 rings (SSSR count). The van der Waals surface area contributed by atoms with Gasteiger partial charge in [-0.15, -0.1) is 0 Å². The van der Waals surface area contributed by atoms with Crippen molar-refractivity contribution in [1.82, 2.24) is 0 Å². The lowest BCUT2D eigenvalue weighted by molar-refractivity contribution is 0.139. The minimum Gasteiger partial charge on any atom is -0.382 e. The summed E-state index contributed by atoms with van der Waals surface area (Å²) in [6.45, 7) is 4.76. The molecule has 0 aromatic heterocycles. The van der Waals surface area contributed by atoms with E-state index in [-0.39, 0.29) is 0 Å². The first kappa shape index (κ1) is 15.5. The van der Waals surface area contributed by atoms with E-state index in [1.165, 1.54) is 32.1 Å². The summed E-state index contributed by atoms with van der Waals surface area (Å²) >= 11 is 3.51. The molecule has 0 amide bonds. The van der Waals surface area contributed by atoms with Gasteiger partial charge in [-0.3, -0.25) is 0 Å². The number of anilines is 1. The first-order valence-corrected chi connectivity index (χ1v) is 7.70. The Balaban J connectivity index is 1.94.